The Balaban J connectivity index is 0.00000156. The van der Waals surface area contributed by atoms with Crippen molar-refractivity contribution < 1.29 is 4.79 Å². The molecule has 0 aliphatic carbocycles. The third kappa shape index (κ3) is 5.91. The van der Waals surface area contributed by atoms with Crippen molar-refractivity contribution >= 4 is 53.4 Å². The molecule has 5 nitrogen and oxygen atoms in total. The molecule has 9 heteroatoms. The van der Waals surface area contributed by atoms with Crippen LogP contribution in [0.2, 0.25) is 0 Å². The second-order valence-electron chi connectivity index (χ2n) is 5.65. The summed E-state index contributed by atoms with van der Waals surface area (Å²) in [6.45, 7) is 3.40. The van der Waals surface area contributed by atoms with Crippen molar-refractivity contribution in [3.8, 4) is 0 Å². The number of nitrogens with one attached hydrogen (secondary N) is 1. The van der Waals surface area contributed by atoms with Gasteiger partial charge in [0.05, 0.1) is 11.0 Å². The molecule has 3 N–H and O–H groups in total. The normalized spacial score (nSPS) is 15.2. The first kappa shape index (κ1) is 22.3. The number of likely N-dealkylation sites (tertiary alicyclic amines) is 1. The molecule has 3 heterocycles. The number of aromatic nitrogens is 1. The highest BCUT2D eigenvalue weighted by atomic mass is 35.5. The summed E-state index contributed by atoms with van der Waals surface area (Å²) < 4.78 is 0. The number of rotatable bonds is 7. The number of nitrogens with two attached hydrogens (primary N) is 1. The van der Waals surface area contributed by atoms with Crippen molar-refractivity contribution in [3.05, 3.63) is 38.5 Å². The lowest BCUT2D eigenvalue weighted by molar-refractivity contribution is 0.0934. The standard InChI is InChI=1S/C16H22N4OS2.2ClH/c17-6-5-15-19-12(11-23-15)16(21)18-10-13(14-4-3-9-22-14)20-7-1-2-8-20;;/h3-4,9,11,13H,1-2,5-8,10,17H2,(H,18,21);2*1H. The van der Waals surface area contributed by atoms with E-state index in [1.807, 2.05) is 5.38 Å². The number of amides is 1. The van der Waals surface area contributed by atoms with Gasteiger partial charge in [-0.25, -0.2) is 4.98 Å². The lowest BCUT2D eigenvalue weighted by atomic mass is 10.2. The lowest BCUT2D eigenvalue weighted by Gasteiger charge is -2.26. The Bertz CT molecular complexity index is 630. The smallest absolute Gasteiger partial charge is 0.270 e. The number of thiazole rings is 1. The van der Waals surface area contributed by atoms with E-state index < -0.39 is 0 Å². The fraction of sp³-hybridized carbons (Fsp3) is 0.500. The zero-order valence-electron chi connectivity index (χ0n) is 13.8. The van der Waals surface area contributed by atoms with E-state index in [-0.39, 0.29) is 36.8 Å². The summed E-state index contributed by atoms with van der Waals surface area (Å²) in [7, 11) is 0. The van der Waals surface area contributed by atoms with E-state index in [1.54, 1.807) is 11.3 Å². The van der Waals surface area contributed by atoms with Crippen LogP contribution in [-0.4, -0.2) is 42.0 Å². The third-order valence-corrected chi connectivity index (χ3v) is 5.93. The monoisotopic (exact) mass is 422 g/mol. The maximum atomic E-state index is 12.3. The summed E-state index contributed by atoms with van der Waals surface area (Å²) in [6.07, 6.45) is 3.21. The summed E-state index contributed by atoms with van der Waals surface area (Å²) in [4.78, 5) is 20.5. The van der Waals surface area contributed by atoms with Crippen LogP contribution >= 0.6 is 47.5 Å². The number of carbonyl (C=O) groups excluding carboxylic acids is 1. The molecule has 1 aliphatic heterocycles. The van der Waals surface area contributed by atoms with Crippen LogP contribution in [0.15, 0.2) is 22.9 Å². The van der Waals surface area contributed by atoms with E-state index in [1.165, 1.54) is 29.1 Å². The summed E-state index contributed by atoms with van der Waals surface area (Å²) >= 11 is 3.26. The molecule has 3 rings (SSSR count). The first-order valence-corrected chi connectivity index (χ1v) is 9.74. The fourth-order valence-corrected chi connectivity index (χ4v) is 4.53. The van der Waals surface area contributed by atoms with Crippen molar-refractivity contribution in [1.29, 1.82) is 0 Å². The molecular weight excluding hydrogens is 399 g/mol. The molecule has 1 amide bonds. The van der Waals surface area contributed by atoms with Crippen LogP contribution in [0, 0.1) is 0 Å². The minimum absolute atomic E-state index is 0. The Kier molecular flexibility index (Phi) is 9.92. The van der Waals surface area contributed by atoms with Crippen LogP contribution in [0.1, 0.15) is 39.3 Å². The lowest BCUT2D eigenvalue weighted by Crippen LogP contribution is -2.36. The number of thiophene rings is 1. The second-order valence-corrected chi connectivity index (χ2v) is 7.57. The Morgan fingerprint density at radius 1 is 1.32 bits per heavy atom. The van der Waals surface area contributed by atoms with Gasteiger partial charge < -0.3 is 11.1 Å². The fourth-order valence-electron chi connectivity index (χ4n) is 2.88. The molecule has 1 aliphatic rings. The van der Waals surface area contributed by atoms with Crippen LogP contribution in [0.4, 0.5) is 0 Å². The van der Waals surface area contributed by atoms with Crippen LogP contribution in [0.5, 0.6) is 0 Å². The quantitative estimate of drug-likeness (QED) is 0.718. The molecule has 25 heavy (non-hydrogen) atoms. The SMILES string of the molecule is Cl.Cl.NCCc1nc(C(=O)NCC(c2cccs2)N2CCCC2)cs1. The van der Waals surface area contributed by atoms with Gasteiger partial charge in [-0.05, 0) is 43.9 Å². The summed E-state index contributed by atoms with van der Waals surface area (Å²) in [5, 5.41) is 7.89. The van der Waals surface area contributed by atoms with E-state index >= 15 is 0 Å². The van der Waals surface area contributed by atoms with Gasteiger partial charge in [0.2, 0.25) is 0 Å². The highest BCUT2D eigenvalue weighted by molar-refractivity contribution is 7.10. The number of hydrogen-bond acceptors (Lipinski definition) is 6. The van der Waals surface area contributed by atoms with Gasteiger partial charge in [-0.15, -0.1) is 47.5 Å². The van der Waals surface area contributed by atoms with Gasteiger partial charge in [-0.3, -0.25) is 9.69 Å². The first-order valence-electron chi connectivity index (χ1n) is 7.98. The summed E-state index contributed by atoms with van der Waals surface area (Å²) in [5.74, 6) is -0.0923. The number of carbonyl (C=O) groups is 1. The molecule has 1 unspecified atom stereocenters. The Morgan fingerprint density at radius 3 is 2.72 bits per heavy atom. The third-order valence-electron chi connectivity index (χ3n) is 4.05. The average molecular weight is 423 g/mol. The maximum Gasteiger partial charge on any atom is 0.270 e. The number of halogens is 2. The van der Waals surface area contributed by atoms with E-state index in [0.717, 1.165) is 24.5 Å². The Morgan fingerprint density at radius 2 is 2.08 bits per heavy atom. The number of hydrogen-bond donors (Lipinski definition) is 2. The minimum Gasteiger partial charge on any atom is -0.349 e. The second kappa shape index (κ2) is 11.1. The average Bonchev–Trinajstić information content (AvgIpc) is 3.30. The molecule has 0 bridgehead atoms. The predicted molar refractivity (Wildman–Crippen MR) is 110 cm³/mol. The van der Waals surface area contributed by atoms with Gasteiger partial charge in [0.1, 0.15) is 5.69 Å². The molecule has 0 aromatic carbocycles. The van der Waals surface area contributed by atoms with Crippen LogP contribution in [0.25, 0.3) is 0 Å². The van der Waals surface area contributed by atoms with Crippen LogP contribution in [0.3, 0.4) is 0 Å². The van der Waals surface area contributed by atoms with Gasteiger partial charge in [-0.1, -0.05) is 6.07 Å². The van der Waals surface area contributed by atoms with Crippen molar-refractivity contribution in [3.63, 3.8) is 0 Å². The van der Waals surface area contributed by atoms with E-state index in [9.17, 15) is 4.79 Å². The van der Waals surface area contributed by atoms with Crippen molar-refractivity contribution in [2.45, 2.75) is 25.3 Å². The Labute approximate surface area is 168 Å². The molecule has 0 saturated carbocycles. The number of nitrogens with zero attached hydrogens (tertiary/aromatic N) is 2. The molecule has 1 atom stereocenters. The molecule has 0 radical (unpaired) electrons. The molecule has 140 valence electrons. The highest BCUT2D eigenvalue weighted by Crippen LogP contribution is 2.27. The molecule has 2 aromatic rings. The molecule has 1 saturated heterocycles. The zero-order valence-corrected chi connectivity index (χ0v) is 17.1. The van der Waals surface area contributed by atoms with Crippen molar-refractivity contribution in [2.24, 2.45) is 5.73 Å². The Hall–Kier alpha value is -0.700. The van der Waals surface area contributed by atoms with Crippen molar-refractivity contribution in [2.75, 3.05) is 26.2 Å². The van der Waals surface area contributed by atoms with Crippen LogP contribution in [-0.2, 0) is 6.42 Å². The molecule has 2 aromatic heterocycles. The van der Waals surface area contributed by atoms with E-state index in [0.29, 0.717) is 18.8 Å². The largest absolute Gasteiger partial charge is 0.349 e. The van der Waals surface area contributed by atoms with Gasteiger partial charge in [0, 0.05) is 23.2 Å². The summed E-state index contributed by atoms with van der Waals surface area (Å²) in [5.41, 5.74) is 6.03. The maximum absolute atomic E-state index is 12.3. The first-order chi connectivity index (χ1) is 11.3. The zero-order chi connectivity index (χ0) is 16.1. The van der Waals surface area contributed by atoms with Gasteiger partial charge in [-0.2, -0.15) is 0 Å². The topological polar surface area (TPSA) is 71.2 Å². The van der Waals surface area contributed by atoms with E-state index in [4.69, 9.17) is 5.73 Å². The van der Waals surface area contributed by atoms with Gasteiger partial charge in [0.15, 0.2) is 0 Å². The summed E-state index contributed by atoms with van der Waals surface area (Å²) in [6, 6.07) is 4.50. The molecule has 0 spiro atoms. The van der Waals surface area contributed by atoms with E-state index in [2.05, 4.69) is 32.7 Å². The van der Waals surface area contributed by atoms with Crippen LogP contribution < -0.4 is 11.1 Å². The van der Waals surface area contributed by atoms with Crippen molar-refractivity contribution in [1.82, 2.24) is 15.2 Å². The van der Waals surface area contributed by atoms with Gasteiger partial charge in [0.25, 0.3) is 5.91 Å². The minimum atomic E-state index is -0.0923. The molecular formula is C16H24Cl2N4OS2. The predicted octanol–water partition coefficient (Wildman–Crippen LogP) is 3.12. The highest BCUT2D eigenvalue weighted by Gasteiger charge is 2.25. The molecule has 1 fully saturated rings. The van der Waals surface area contributed by atoms with Gasteiger partial charge >= 0.3 is 0 Å².